The minimum Gasteiger partial charge on any atom is -0.355 e. The highest BCUT2D eigenvalue weighted by atomic mass is 32.2. The maximum absolute atomic E-state index is 12.5. The van der Waals surface area contributed by atoms with E-state index in [2.05, 4.69) is 5.32 Å². The van der Waals surface area contributed by atoms with Crippen molar-refractivity contribution in [3.8, 4) is 0 Å². The summed E-state index contributed by atoms with van der Waals surface area (Å²) >= 11 is 0. The topological polar surface area (TPSA) is 80.3 Å². The zero-order valence-corrected chi connectivity index (χ0v) is 15.1. The van der Waals surface area contributed by atoms with Crippen LogP contribution in [0, 0.1) is 6.92 Å². The summed E-state index contributed by atoms with van der Waals surface area (Å²) in [6.07, 6.45) is 0.116. The maximum atomic E-state index is 12.5. The molecule has 0 unspecified atom stereocenters. The van der Waals surface area contributed by atoms with Gasteiger partial charge in [0.2, 0.25) is 0 Å². The molecule has 0 aliphatic heterocycles. The molecule has 0 atom stereocenters. The van der Waals surface area contributed by atoms with E-state index in [0.717, 1.165) is 11.1 Å². The van der Waals surface area contributed by atoms with Crippen molar-refractivity contribution in [3.63, 3.8) is 0 Å². The molecular formula is C19H21NO4S. The quantitative estimate of drug-likeness (QED) is 0.823. The van der Waals surface area contributed by atoms with Crippen LogP contribution in [0.3, 0.4) is 0 Å². The van der Waals surface area contributed by atoms with Crippen LogP contribution in [0.5, 0.6) is 0 Å². The summed E-state index contributed by atoms with van der Waals surface area (Å²) in [5, 5.41) is 2.43. The summed E-state index contributed by atoms with van der Waals surface area (Å²) in [4.78, 5) is 23.9. The van der Waals surface area contributed by atoms with Gasteiger partial charge in [-0.05, 0) is 24.6 Å². The summed E-state index contributed by atoms with van der Waals surface area (Å²) in [7, 11) is -2.28. The SMILES string of the molecule is CNC(=O)c1ccccc1S(=O)(=O)CCC(=O)Cc1ccc(C)cc1. The molecule has 6 heteroatoms. The van der Waals surface area contributed by atoms with E-state index in [1.54, 1.807) is 12.1 Å². The normalized spacial score (nSPS) is 11.1. The second kappa shape index (κ2) is 8.07. The lowest BCUT2D eigenvalue weighted by atomic mass is 10.1. The molecule has 2 rings (SSSR count). The molecule has 1 N–H and O–H groups in total. The number of benzene rings is 2. The van der Waals surface area contributed by atoms with Crippen LogP contribution in [0.2, 0.25) is 0 Å². The zero-order chi connectivity index (χ0) is 18.4. The Balaban J connectivity index is 2.08. The van der Waals surface area contributed by atoms with Crippen molar-refractivity contribution < 1.29 is 18.0 Å². The zero-order valence-electron chi connectivity index (χ0n) is 14.3. The van der Waals surface area contributed by atoms with E-state index in [1.165, 1.54) is 19.2 Å². The first-order valence-corrected chi connectivity index (χ1v) is 9.60. The van der Waals surface area contributed by atoms with E-state index in [0.29, 0.717) is 0 Å². The number of aryl methyl sites for hydroxylation is 1. The number of nitrogens with one attached hydrogen (secondary N) is 1. The average molecular weight is 359 g/mol. The highest BCUT2D eigenvalue weighted by Crippen LogP contribution is 2.18. The molecule has 2 aromatic rings. The summed E-state index contributed by atoms with van der Waals surface area (Å²) in [6, 6.07) is 13.6. The number of carbonyl (C=O) groups is 2. The molecule has 0 heterocycles. The largest absolute Gasteiger partial charge is 0.355 e. The number of hydrogen-bond acceptors (Lipinski definition) is 4. The lowest BCUT2D eigenvalue weighted by molar-refractivity contribution is -0.118. The van der Waals surface area contributed by atoms with Gasteiger partial charge in [0.05, 0.1) is 16.2 Å². The summed E-state index contributed by atoms with van der Waals surface area (Å²) in [6.45, 7) is 1.96. The van der Waals surface area contributed by atoms with Gasteiger partial charge in [-0.3, -0.25) is 9.59 Å². The number of sulfone groups is 1. The average Bonchev–Trinajstić information content (AvgIpc) is 2.61. The third-order valence-electron chi connectivity index (χ3n) is 3.87. The molecule has 25 heavy (non-hydrogen) atoms. The molecule has 0 spiro atoms. The van der Waals surface area contributed by atoms with Gasteiger partial charge >= 0.3 is 0 Å². The molecule has 132 valence electrons. The minimum absolute atomic E-state index is 0.0440. The van der Waals surface area contributed by atoms with Crippen molar-refractivity contribution in [1.29, 1.82) is 0 Å². The van der Waals surface area contributed by atoms with Gasteiger partial charge in [0.1, 0.15) is 5.78 Å². The second-order valence-corrected chi connectivity index (χ2v) is 7.92. The van der Waals surface area contributed by atoms with Gasteiger partial charge in [0.25, 0.3) is 5.91 Å². The fraction of sp³-hybridized carbons (Fsp3) is 0.263. The Kier molecular flexibility index (Phi) is 6.09. The fourth-order valence-electron chi connectivity index (χ4n) is 2.44. The van der Waals surface area contributed by atoms with Crippen LogP contribution in [0.4, 0.5) is 0 Å². The number of rotatable bonds is 7. The number of Topliss-reactive ketones (excluding diaryl/α,β-unsaturated/α-hetero) is 1. The standard InChI is InChI=1S/C19H21NO4S/c1-14-7-9-15(10-8-14)13-16(21)11-12-25(23,24)18-6-4-3-5-17(18)19(22)20-2/h3-10H,11-13H2,1-2H3,(H,20,22). The molecule has 0 aliphatic rings. The van der Waals surface area contributed by atoms with Crippen LogP contribution in [-0.4, -0.2) is 32.9 Å². The van der Waals surface area contributed by atoms with Gasteiger partial charge in [-0.2, -0.15) is 0 Å². The molecule has 0 saturated carbocycles. The Hall–Kier alpha value is -2.47. The van der Waals surface area contributed by atoms with Crippen molar-refractivity contribution in [2.24, 2.45) is 0 Å². The summed E-state index contributed by atoms with van der Waals surface area (Å²) in [5.74, 6) is -0.930. The van der Waals surface area contributed by atoms with Crippen molar-refractivity contribution >= 4 is 21.5 Å². The van der Waals surface area contributed by atoms with Crippen LogP contribution < -0.4 is 5.32 Å². The van der Waals surface area contributed by atoms with E-state index in [9.17, 15) is 18.0 Å². The number of ketones is 1. The molecule has 5 nitrogen and oxygen atoms in total. The van der Waals surface area contributed by atoms with Gasteiger partial charge in [0.15, 0.2) is 9.84 Å². The Labute approximate surface area is 148 Å². The highest BCUT2D eigenvalue weighted by molar-refractivity contribution is 7.91. The van der Waals surface area contributed by atoms with Crippen molar-refractivity contribution in [3.05, 3.63) is 65.2 Å². The third-order valence-corrected chi connectivity index (χ3v) is 5.63. The molecular weight excluding hydrogens is 338 g/mol. The summed E-state index contributed by atoms with van der Waals surface area (Å²) < 4.78 is 25.1. The van der Waals surface area contributed by atoms with Crippen molar-refractivity contribution in [1.82, 2.24) is 5.32 Å². The van der Waals surface area contributed by atoms with Gasteiger partial charge in [0, 0.05) is 19.9 Å². The Morgan fingerprint density at radius 1 is 1.00 bits per heavy atom. The Morgan fingerprint density at radius 3 is 2.28 bits per heavy atom. The van der Waals surface area contributed by atoms with Gasteiger partial charge in [-0.1, -0.05) is 42.0 Å². The third kappa shape index (κ3) is 5.00. The smallest absolute Gasteiger partial charge is 0.252 e. The van der Waals surface area contributed by atoms with Crippen molar-refractivity contribution in [2.75, 3.05) is 12.8 Å². The van der Waals surface area contributed by atoms with Gasteiger partial charge in [-0.25, -0.2) is 8.42 Å². The lowest BCUT2D eigenvalue weighted by Gasteiger charge is -2.09. The van der Waals surface area contributed by atoms with E-state index >= 15 is 0 Å². The van der Waals surface area contributed by atoms with Gasteiger partial charge < -0.3 is 5.32 Å². The Bertz CT molecular complexity index is 871. The predicted molar refractivity (Wildman–Crippen MR) is 96.4 cm³/mol. The number of amides is 1. The minimum atomic E-state index is -3.72. The van der Waals surface area contributed by atoms with Crippen LogP contribution in [0.15, 0.2) is 53.4 Å². The molecule has 2 aromatic carbocycles. The molecule has 0 fully saturated rings. The molecule has 0 aliphatic carbocycles. The second-order valence-electron chi connectivity index (χ2n) is 5.85. The first-order valence-electron chi connectivity index (χ1n) is 7.94. The molecule has 0 radical (unpaired) electrons. The van der Waals surface area contributed by atoms with Crippen LogP contribution in [0.25, 0.3) is 0 Å². The van der Waals surface area contributed by atoms with E-state index in [1.807, 2.05) is 31.2 Å². The van der Waals surface area contributed by atoms with Crippen LogP contribution in [0.1, 0.15) is 27.9 Å². The Morgan fingerprint density at radius 2 is 1.64 bits per heavy atom. The summed E-state index contributed by atoms with van der Waals surface area (Å²) in [5.41, 5.74) is 2.05. The molecule has 0 saturated heterocycles. The fourth-order valence-corrected chi connectivity index (χ4v) is 3.94. The molecule has 0 aromatic heterocycles. The van der Waals surface area contributed by atoms with Crippen molar-refractivity contribution in [2.45, 2.75) is 24.7 Å². The maximum Gasteiger partial charge on any atom is 0.252 e. The number of carbonyl (C=O) groups excluding carboxylic acids is 2. The highest BCUT2D eigenvalue weighted by Gasteiger charge is 2.22. The first-order chi connectivity index (χ1) is 11.8. The van der Waals surface area contributed by atoms with Crippen LogP contribution in [-0.2, 0) is 21.1 Å². The number of hydrogen-bond donors (Lipinski definition) is 1. The lowest BCUT2D eigenvalue weighted by Crippen LogP contribution is -2.22. The van der Waals surface area contributed by atoms with Crippen LogP contribution >= 0.6 is 0 Å². The first kappa shape index (κ1) is 18.9. The van der Waals surface area contributed by atoms with E-state index < -0.39 is 15.7 Å². The van der Waals surface area contributed by atoms with E-state index in [4.69, 9.17) is 0 Å². The monoisotopic (exact) mass is 359 g/mol. The van der Waals surface area contributed by atoms with E-state index in [-0.39, 0.29) is 34.8 Å². The van der Waals surface area contributed by atoms with Gasteiger partial charge in [-0.15, -0.1) is 0 Å². The molecule has 1 amide bonds. The molecule has 0 bridgehead atoms. The predicted octanol–water partition coefficient (Wildman–Crippen LogP) is 2.33.